The molecule has 0 unspecified atom stereocenters. The summed E-state index contributed by atoms with van der Waals surface area (Å²) in [5.41, 5.74) is 1.61. The summed E-state index contributed by atoms with van der Waals surface area (Å²) < 4.78 is 5.57. The van der Waals surface area contributed by atoms with Crippen LogP contribution in [0.25, 0.3) is 10.2 Å². The molecule has 2 fully saturated rings. The molecule has 180 valence electrons. The molecular formula is C26H32N4O3S. The van der Waals surface area contributed by atoms with Crippen LogP contribution in [0.4, 0.5) is 0 Å². The van der Waals surface area contributed by atoms with Gasteiger partial charge in [-0.25, -0.2) is 4.98 Å². The van der Waals surface area contributed by atoms with E-state index < -0.39 is 0 Å². The molecule has 5 rings (SSSR count). The number of amides is 1. The first-order chi connectivity index (χ1) is 16.6. The Morgan fingerprint density at radius 2 is 1.91 bits per heavy atom. The van der Waals surface area contributed by atoms with E-state index in [9.17, 15) is 9.59 Å². The number of aromatic nitrogens is 2. The van der Waals surface area contributed by atoms with Gasteiger partial charge < -0.3 is 15.0 Å². The Morgan fingerprint density at radius 1 is 1.18 bits per heavy atom. The van der Waals surface area contributed by atoms with Crippen molar-refractivity contribution in [2.24, 2.45) is 0 Å². The van der Waals surface area contributed by atoms with Crippen LogP contribution in [-0.4, -0.2) is 59.2 Å². The first-order valence-electron chi connectivity index (χ1n) is 12.2. The van der Waals surface area contributed by atoms with Crippen LogP contribution >= 0.6 is 11.3 Å². The molecule has 1 saturated carbocycles. The topological polar surface area (TPSA) is 87.3 Å². The molecule has 1 saturated heterocycles. The molecule has 1 aliphatic heterocycles. The highest BCUT2D eigenvalue weighted by Crippen LogP contribution is 2.34. The summed E-state index contributed by atoms with van der Waals surface area (Å²) >= 11 is 1.32. The number of ether oxygens (including phenoxy) is 1. The Kier molecular flexibility index (Phi) is 6.81. The predicted octanol–water partition coefficient (Wildman–Crippen LogP) is 3.65. The predicted molar refractivity (Wildman–Crippen MR) is 135 cm³/mol. The van der Waals surface area contributed by atoms with Crippen LogP contribution in [0, 0.1) is 6.92 Å². The monoisotopic (exact) mass is 480 g/mol. The second-order valence-corrected chi connectivity index (χ2v) is 10.5. The lowest BCUT2D eigenvalue weighted by molar-refractivity contribution is -0.0361. The summed E-state index contributed by atoms with van der Waals surface area (Å²) in [5, 5.41) is 3.75. The average molecular weight is 481 g/mol. The van der Waals surface area contributed by atoms with Crippen LogP contribution in [0.2, 0.25) is 0 Å². The zero-order chi connectivity index (χ0) is 23.5. The lowest BCUT2D eigenvalue weighted by Gasteiger charge is -2.48. The normalized spacial score (nSPS) is 18.7. The minimum Gasteiger partial charge on any atom is -0.379 e. The van der Waals surface area contributed by atoms with Crippen molar-refractivity contribution >= 4 is 27.5 Å². The number of carbonyl (C=O) groups is 1. The maximum Gasteiger partial charge on any atom is 0.261 e. The van der Waals surface area contributed by atoms with Gasteiger partial charge in [-0.1, -0.05) is 49.6 Å². The van der Waals surface area contributed by atoms with Crippen molar-refractivity contribution in [3.05, 3.63) is 62.5 Å². The first-order valence-corrected chi connectivity index (χ1v) is 13.0. The maximum absolute atomic E-state index is 13.3. The van der Waals surface area contributed by atoms with Crippen LogP contribution in [0.3, 0.4) is 0 Å². The van der Waals surface area contributed by atoms with Crippen LogP contribution in [0.15, 0.2) is 35.1 Å². The number of hydrogen-bond donors (Lipinski definition) is 2. The van der Waals surface area contributed by atoms with Crippen LogP contribution in [-0.2, 0) is 11.2 Å². The van der Waals surface area contributed by atoms with E-state index in [1.54, 1.807) is 0 Å². The third kappa shape index (κ3) is 4.67. The number of hydrogen-bond acceptors (Lipinski definition) is 6. The summed E-state index contributed by atoms with van der Waals surface area (Å²) in [4.78, 5) is 37.5. The Hall–Kier alpha value is -2.55. The molecular weight excluding hydrogens is 448 g/mol. The number of morpholine rings is 1. The van der Waals surface area contributed by atoms with Crippen LogP contribution < -0.4 is 10.9 Å². The lowest BCUT2D eigenvalue weighted by atomic mass is 9.79. The average Bonchev–Trinajstić information content (AvgIpc) is 3.21. The number of thiophene rings is 1. The summed E-state index contributed by atoms with van der Waals surface area (Å²) in [6, 6.07) is 9.93. The molecule has 2 N–H and O–H groups in total. The second kappa shape index (κ2) is 9.98. The largest absolute Gasteiger partial charge is 0.379 e. The first kappa shape index (κ1) is 23.2. The lowest BCUT2D eigenvalue weighted by Crippen LogP contribution is -2.59. The third-order valence-electron chi connectivity index (χ3n) is 7.31. The van der Waals surface area contributed by atoms with E-state index in [0.717, 1.165) is 44.7 Å². The van der Waals surface area contributed by atoms with Gasteiger partial charge in [-0.05, 0) is 30.9 Å². The van der Waals surface area contributed by atoms with Crippen molar-refractivity contribution in [2.75, 3.05) is 32.8 Å². The number of H-pyrrole nitrogens is 1. The summed E-state index contributed by atoms with van der Waals surface area (Å²) in [5.74, 6) is 0.508. The number of carbonyl (C=O) groups excluding carboxylic acids is 1. The van der Waals surface area contributed by atoms with E-state index in [1.165, 1.54) is 30.6 Å². The van der Waals surface area contributed by atoms with Gasteiger partial charge in [-0.15, -0.1) is 11.3 Å². The minimum atomic E-state index is -0.180. The number of nitrogens with zero attached hydrogens (tertiary/aromatic N) is 2. The summed E-state index contributed by atoms with van der Waals surface area (Å²) in [6.45, 7) is 5.82. The molecule has 3 heterocycles. The van der Waals surface area contributed by atoms with Crippen molar-refractivity contribution in [3.8, 4) is 0 Å². The van der Waals surface area contributed by atoms with E-state index in [-0.39, 0.29) is 17.0 Å². The highest BCUT2D eigenvalue weighted by molar-refractivity contribution is 7.20. The van der Waals surface area contributed by atoms with Gasteiger partial charge in [-0.3, -0.25) is 14.5 Å². The molecule has 8 heteroatoms. The van der Waals surface area contributed by atoms with Crippen molar-refractivity contribution in [1.82, 2.24) is 20.2 Å². The van der Waals surface area contributed by atoms with E-state index in [4.69, 9.17) is 9.72 Å². The van der Waals surface area contributed by atoms with Crippen molar-refractivity contribution < 1.29 is 9.53 Å². The van der Waals surface area contributed by atoms with E-state index in [2.05, 4.69) is 15.2 Å². The Balaban J connectivity index is 1.36. The quantitative estimate of drug-likeness (QED) is 0.562. The zero-order valence-corrected chi connectivity index (χ0v) is 20.5. The van der Waals surface area contributed by atoms with Gasteiger partial charge in [0.05, 0.1) is 23.5 Å². The number of aromatic amines is 1. The van der Waals surface area contributed by atoms with Crippen molar-refractivity contribution in [3.63, 3.8) is 0 Å². The highest BCUT2D eigenvalue weighted by Gasteiger charge is 2.39. The number of aryl methyl sites for hydroxylation is 1. The van der Waals surface area contributed by atoms with Gasteiger partial charge in [0.2, 0.25) is 0 Å². The van der Waals surface area contributed by atoms with Crippen LogP contribution in [0.1, 0.15) is 58.7 Å². The molecule has 1 amide bonds. The number of fused-ring (bicyclic) bond motifs is 1. The molecule has 34 heavy (non-hydrogen) atoms. The van der Waals surface area contributed by atoms with E-state index in [1.807, 2.05) is 37.3 Å². The fourth-order valence-electron chi connectivity index (χ4n) is 5.46. The van der Waals surface area contributed by atoms with Gasteiger partial charge in [0.25, 0.3) is 11.5 Å². The molecule has 0 atom stereocenters. The number of benzene rings is 1. The molecule has 2 aliphatic rings. The molecule has 3 aromatic rings. The molecule has 2 aromatic heterocycles. The molecule has 1 aliphatic carbocycles. The Labute approximate surface area is 203 Å². The molecule has 1 aromatic carbocycles. The minimum absolute atomic E-state index is 0.000846. The zero-order valence-electron chi connectivity index (χ0n) is 19.7. The Morgan fingerprint density at radius 3 is 2.65 bits per heavy atom. The molecule has 7 nitrogen and oxygen atoms in total. The molecule has 0 spiro atoms. The second-order valence-electron chi connectivity index (χ2n) is 9.48. The van der Waals surface area contributed by atoms with Gasteiger partial charge in [0, 0.05) is 31.6 Å². The van der Waals surface area contributed by atoms with Gasteiger partial charge >= 0.3 is 0 Å². The number of nitrogens with one attached hydrogen (secondary N) is 2. The van der Waals surface area contributed by atoms with E-state index >= 15 is 0 Å². The maximum atomic E-state index is 13.3. The molecule has 0 bridgehead atoms. The third-order valence-corrected chi connectivity index (χ3v) is 8.50. The number of rotatable bonds is 6. The SMILES string of the molecule is Cc1c(C(=O)NCC2(N3CCOCC3)CCCCC2)sc2nc(Cc3ccccc3)[nH]c(=O)c12. The van der Waals surface area contributed by atoms with Crippen molar-refractivity contribution in [1.29, 1.82) is 0 Å². The van der Waals surface area contributed by atoms with Crippen molar-refractivity contribution in [2.45, 2.75) is 51.0 Å². The highest BCUT2D eigenvalue weighted by atomic mass is 32.1. The standard InChI is InChI=1S/C26H32N4O3S/c1-18-21-23(31)28-20(16-19-8-4-2-5-9-19)29-25(21)34-22(18)24(32)27-17-26(10-6-3-7-11-26)30-12-14-33-15-13-30/h2,4-5,8-9H,3,6-7,10-17H2,1H3,(H,27,32)(H,28,29,31). The fraction of sp³-hybridized carbons (Fsp3) is 0.500. The molecule has 0 radical (unpaired) electrons. The summed E-state index contributed by atoms with van der Waals surface area (Å²) in [6.07, 6.45) is 6.39. The fourth-order valence-corrected chi connectivity index (χ4v) is 6.57. The van der Waals surface area contributed by atoms with Crippen LogP contribution in [0.5, 0.6) is 0 Å². The van der Waals surface area contributed by atoms with Gasteiger partial charge in [0.1, 0.15) is 10.7 Å². The Bertz CT molecular complexity index is 1210. The van der Waals surface area contributed by atoms with Gasteiger partial charge in [0.15, 0.2) is 0 Å². The summed E-state index contributed by atoms with van der Waals surface area (Å²) in [7, 11) is 0. The smallest absolute Gasteiger partial charge is 0.261 e. The van der Waals surface area contributed by atoms with Gasteiger partial charge in [-0.2, -0.15) is 0 Å². The van der Waals surface area contributed by atoms with E-state index in [0.29, 0.717) is 39.4 Å².